The molecule has 1 atom stereocenters. The van der Waals surface area contributed by atoms with Gasteiger partial charge in [0.25, 0.3) is 0 Å². The molecule has 0 unspecified atom stereocenters. The van der Waals surface area contributed by atoms with Gasteiger partial charge in [-0.05, 0) is 42.7 Å². The highest BCUT2D eigenvalue weighted by Gasteiger charge is 2.10. The fraction of sp³-hybridized carbons (Fsp3) is 0.250. The lowest BCUT2D eigenvalue weighted by atomic mass is 10.1. The third kappa shape index (κ3) is 2.56. The molecule has 2 aromatic heterocycles. The van der Waals surface area contributed by atoms with E-state index in [1.807, 2.05) is 37.3 Å². The third-order valence-corrected chi connectivity index (χ3v) is 3.30. The molecule has 0 fully saturated rings. The Morgan fingerprint density at radius 3 is 2.95 bits per heavy atom. The standard InChI is InChI=1S/C16H16N2O2/c1-2-13(19)8-11-5-6-15-14(9-11)18-16(20-15)12-4-3-7-17-10-12/h3-7,9-10,13,19H,2,8H2,1H3/t13-/m1/s1. The van der Waals surface area contributed by atoms with Gasteiger partial charge in [-0.3, -0.25) is 4.98 Å². The van der Waals surface area contributed by atoms with Crippen LogP contribution >= 0.6 is 0 Å². The quantitative estimate of drug-likeness (QED) is 0.789. The summed E-state index contributed by atoms with van der Waals surface area (Å²) in [7, 11) is 0. The van der Waals surface area contributed by atoms with Gasteiger partial charge in [-0.15, -0.1) is 0 Å². The summed E-state index contributed by atoms with van der Waals surface area (Å²) in [5, 5.41) is 9.71. The second-order valence-electron chi connectivity index (χ2n) is 4.83. The third-order valence-electron chi connectivity index (χ3n) is 3.30. The normalized spacial score (nSPS) is 12.7. The monoisotopic (exact) mass is 268 g/mol. The summed E-state index contributed by atoms with van der Waals surface area (Å²) in [5.41, 5.74) is 3.49. The zero-order valence-corrected chi connectivity index (χ0v) is 11.3. The van der Waals surface area contributed by atoms with E-state index in [1.54, 1.807) is 12.4 Å². The van der Waals surface area contributed by atoms with Gasteiger partial charge in [0, 0.05) is 12.4 Å². The molecule has 0 saturated carbocycles. The van der Waals surface area contributed by atoms with Crippen molar-refractivity contribution in [2.45, 2.75) is 25.9 Å². The van der Waals surface area contributed by atoms with E-state index in [1.165, 1.54) is 0 Å². The number of nitrogens with zero attached hydrogens (tertiary/aromatic N) is 2. The molecule has 0 aliphatic rings. The van der Waals surface area contributed by atoms with E-state index in [9.17, 15) is 5.11 Å². The molecule has 0 saturated heterocycles. The van der Waals surface area contributed by atoms with Crippen LogP contribution in [-0.4, -0.2) is 21.2 Å². The second kappa shape index (κ2) is 5.43. The molecule has 0 aliphatic heterocycles. The van der Waals surface area contributed by atoms with Crippen molar-refractivity contribution in [1.29, 1.82) is 0 Å². The number of hydrogen-bond acceptors (Lipinski definition) is 4. The van der Waals surface area contributed by atoms with Crippen LogP contribution in [0, 0.1) is 0 Å². The van der Waals surface area contributed by atoms with Crippen molar-refractivity contribution < 1.29 is 9.52 Å². The number of oxazole rings is 1. The molecule has 4 heteroatoms. The molecule has 0 aliphatic carbocycles. The van der Waals surface area contributed by atoms with Gasteiger partial charge in [0.1, 0.15) is 5.52 Å². The Morgan fingerprint density at radius 2 is 2.20 bits per heavy atom. The molecule has 1 N–H and O–H groups in total. The molecule has 1 aromatic carbocycles. The van der Waals surface area contributed by atoms with Crippen LogP contribution in [0.25, 0.3) is 22.6 Å². The SMILES string of the molecule is CC[C@@H](O)Cc1ccc2oc(-c3cccnc3)nc2c1. The van der Waals surface area contributed by atoms with Gasteiger partial charge in [0.2, 0.25) is 5.89 Å². The van der Waals surface area contributed by atoms with Crippen LogP contribution in [0.15, 0.2) is 47.1 Å². The van der Waals surface area contributed by atoms with Crippen molar-refractivity contribution >= 4 is 11.1 Å². The molecular weight excluding hydrogens is 252 g/mol. The molecule has 0 spiro atoms. The lowest BCUT2D eigenvalue weighted by Gasteiger charge is -2.06. The van der Waals surface area contributed by atoms with Crippen LogP contribution in [0.3, 0.4) is 0 Å². The van der Waals surface area contributed by atoms with Gasteiger partial charge >= 0.3 is 0 Å². The van der Waals surface area contributed by atoms with Crippen LogP contribution in [0.4, 0.5) is 0 Å². The number of fused-ring (bicyclic) bond motifs is 1. The Morgan fingerprint density at radius 1 is 1.30 bits per heavy atom. The van der Waals surface area contributed by atoms with E-state index in [0.29, 0.717) is 12.3 Å². The topological polar surface area (TPSA) is 59.2 Å². The summed E-state index contributed by atoms with van der Waals surface area (Å²) in [4.78, 5) is 8.55. The Hall–Kier alpha value is -2.20. The largest absolute Gasteiger partial charge is 0.436 e. The first-order chi connectivity index (χ1) is 9.76. The minimum absolute atomic E-state index is 0.308. The summed E-state index contributed by atoms with van der Waals surface area (Å²) in [5.74, 6) is 0.571. The van der Waals surface area contributed by atoms with E-state index in [0.717, 1.165) is 28.6 Å². The fourth-order valence-corrected chi connectivity index (χ4v) is 2.13. The number of rotatable bonds is 4. The van der Waals surface area contributed by atoms with Gasteiger partial charge in [-0.2, -0.15) is 0 Å². The first-order valence-electron chi connectivity index (χ1n) is 6.74. The first-order valence-corrected chi connectivity index (χ1v) is 6.74. The molecule has 4 nitrogen and oxygen atoms in total. The van der Waals surface area contributed by atoms with Crippen LogP contribution in [0.1, 0.15) is 18.9 Å². The molecule has 3 rings (SSSR count). The summed E-state index contributed by atoms with van der Waals surface area (Å²) < 4.78 is 5.73. The molecule has 0 amide bonds. The highest BCUT2D eigenvalue weighted by Crippen LogP contribution is 2.24. The van der Waals surface area contributed by atoms with Crippen LogP contribution in [0.2, 0.25) is 0 Å². The van der Waals surface area contributed by atoms with Crippen LogP contribution < -0.4 is 0 Å². The maximum Gasteiger partial charge on any atom is 0.228 e. The predicted molar refractivity (Wildman–Crippen MR) is 77.2 cm³/mol. The van der Waals surface area contributed by atoms with Gasteiger partial charge in [-0.25, -0.2) is 4.98 Å². The van der Waals surface area contributed by atoms with Crippen LogP contribution in [-0.2, 0) is 6.42 Å². The van der Waals surface area contributed by atoms with Gasteiger partial charge in [-0.1, -0.05) is 13.0 Å². The number of benzene rings is 1. The van der Waals surface area contributed by atoms with Crippen molar-refractivity contribution in [1.82, 2.24) is 9.97 Å². The maximum atomic E-state index is 9.71. The average molecular weight is 268 g/mol. The van der Waals surface area contributed by atoms with Gasteiger partial charge in [0.15, 0.2) is 5.58 Å². The maximum absolute atomic E-state index is 9.71. The van der Waals surface area contributed by atoms with E-state index < -0.39 is 0 Å². The first kappa shape index (κ1) is 12.8. The molecule has 0 radical (unpaired) electrons. The van der Waals surface area contributed by atoms with Crippen molar-refractivity contribution in [2.75, 3.05) is 0 Å². The second-order valence-corrected chi connectivity index (χ2v) is 4.83. The Balaban J connectivity index is 1.95. The van der Waals surface area contributed by atoms with Crippen molar-refractivity contribution in [3.8, 4) is 11.5 Å². The zero-order chi connectivity index (χ0) is 13.9. The van der Waals surface area contributed by atoms with E-state index >= 15 is 0 Å². The Labute approximate surface area is 117 Å². The molecule has 3 aromatic rings. The average Bonchev–Trinajstić information content (AvgIpc) is 2.91. The van der Waals surface area contributed by atoms with Gasteiger partial charge < -0.3 is 9.52 Å². The lowest BCUT2D eigenvalue weighted by Crippen LogP contribution is -2.08. The Kier molecular flexibility index (Phi) is 3.48. The van der Waals surface area contributed by atoms with E-state index in [-0.39, 0.29) is 6.10 Å². The number of hydrogen-bond donors (Lipinski definition) is 1. The van der Waals surface area contributed by atoms with E-state index in [4.69, 9.17) is 4.42 Å². The summed E-state index contributed by atoms with van der Waals surface area (Å²) in [6, 6.07) is 9.61. The Bertz CT molecular complexity index is 707. The van der Waals surface area contributed by atoms with Crippen molar-refractivity contribution in [3.05, 3.63) is 48.3 Å². The number of aliphatic hydroxyl groups is 1. The molecule has 20 heavy (non-hydrogen) atoms. The number of aromatic nitrogens is 2. The number of pyridine rings is 1. The molecular formula is C16H16N2O2. The predicted octanol–water partition coefficient (Wildman–Crippen LogP) is 3.20. The molecule has 2 heterocycles. The highest BCUT2D eigenvalue weighted by atomic mass is 16.3. The fourth-order valence-electron chi connectivity index (χ4n) is 2.13. The van der Waals surface area contributed by atoms with Gasteiger partial charge in [0.05, 0.1) is 11.7 Å². The summed E-state index contributed by atoms with van der Waals surface area (Å²) in [6.07, 6.45) is 4.53. The summed E-state index contributed by atoms with van der Waals surface area (Å²) in [6.45, 7) is 1.97. The highest BCUT2D eigenvalue weighted by molar-refractivity contribution is 5.76. The molecule has 0 bridgehead atoms. The lowest BCUT2D eigenvalue weighted by molar-refractivity contribution is 0.171. The minimum atomic E-state index is -0.308. The zero-order valence-electron chi connectivity index (χ0n) is 11.3. The number of aliphatic hydroxyl groups excluding tert-OH is 1. The van der Waals surface area contributed by atoms with E-state index in [2.05, 4.69) is 9.97 Å². The minimum Gasteiger partial charge on any atom is -0.436 e. The van der Waals surface area contributed by atoms with Crippen molar-refractivity contribution in [3.63, 3.8) is 0 Å². The molecule has 102 valence electrons. The van der Waals surface area contributed by atoms with Crippen LogP contribution in [0.5, 0.6) is 0 Å². The van der Waals surface area contributed by atoms with Crippen molar-refractivity contribution in [2.24, 2.45) is 0 Å². The smallest absolute Gasteiger partial charge is 0.228 e. The summed E-state index contributed by atoms with van der Waals surface area (Å²) >= 11 is 0.